The quantitative estimate of drug-likeness (QED) is 0.894. The van der Waals surface area contributed by atoms with Crippen LogP contribution in [0.3, 0.4) is 0 Å². The molecular weight excluding hydrogens is 316 g/mol. The molecule has 0 spiro atoms. The van der Waals surface area contributed by atoms with Gasteiger partial charge in [-0.25, -0.2) is 0 Å². The first-order valence-electron chi connectivity index (χ1n) is 7.74. The average molecular weight is 343 g/mol. The molecule has 0 radical (unpaired) electrons. The van der Waals surface area contributed by atoms with E-state index in [0.717, 1.165) is 37.7 Å². The van der Waals surface area contributed by atoms with Gasteiger partial charge in [-0.3, -0.25) is 9.58 Å². The molecule has 5 heteroatoms. The van der Waals surface area contributed by atoms with Gasteiger partial charge in [0.15, 0.2) is 0 Å². The summed E-state index contributed by atoms with van der Waals surface area (Å²) in [6, 6.07) is 0.514. The van der Waals surface area contributed by atoms with Crippen LogP contribution in [0.1, 0.15) is 44.5 Å². The van der Waals surface area contributed by atoms with Crippen LogP contribution in [-0.2, 0) is 20.0 Å². The maximum Gasteiger partial charge on any atom is 0.0767 e. The Morgan fingerprint density at radius 3 is 2.70 bits per heavy atom. The first-order valence-corrected chi connectivity index (χ1v) is 8.54. The highest BCUT2D eigenvalue weighted by molar-refractivity contribution is 9.10. The summed E-state index contributed by atoms with van der Waals surface area (Å²) in [6.07, 6.45) is 4.78. The topological polar surface area (TPSA) is 47.1 Å². The predicted molar refractivity (Wildman–Crippen MR) is 86.6 cm³/mol. The summed E-state index contributed by atoms with van der Waals surface area (Å²) < 4.78 is 3.19. The molecule has 0 saturated carbocycles. The van der Waals surface area contributed by atoms with Crippen LogP contribution in [0, 0.1) is 5.92 Å². The van der Waals surface area contributed by atoms with E-state index in [1.165, 1.54) is 29.4 Å². The molecule has 0 amide bonds. The Balaban J connectivity index is 2.11. The van der Waals surface area contributed by atoms with Crippen LogP contribution in [0.5, 0.6) is 0 Å². The molecule has 1 aliphatic heterocycles. The van der Waals surface area contributed by atoms with Crippen LogP contribution in [0.4, 0.5) is 0 Å². The number of rotatable bonds is 5. The molecule has 2 rings (SSSR count). The number of halogens is 1. The predicted octanol–water partition coefficient (Wildman–Crippen LogP) is 2.69. The molecule has 4 nitrogen and oxygen atoms in total. The third-order valence-corrected chi connectivity index (χ3v) is 5.57. The van der Waals surface area contributed by atoms with Crippen molar-refractivity contribution < 1.29 is 0 Å². The average Bonchev–Trinajstić information content (AvgIpc) is 2.74. The van der Waals surface area contributed by atoms with Gasteiger partial charge >= 0.3 is 0 Å². The molecule has 2 N–H and O–H groups in total. The Morgan fingerprint density at radius 2 is 2.15 bits per heavy atom. The highest BCUT2D eigenvalue weighted by atomic mass is 79.9. The summed E-state index contributed by atoms with van der Waals surface area (Å²) in [4.78, 5) is 2.54. The van der Waals surface area contributed by atoms with E-state index in [1.807, 2.05) is 11.7 Å². The largest absolute Gasteiger partial charge is 0.329 e. The fraction of sp³-hybridized carbons (Fsp3) is 0.800. The van der Waals surface area contributed by atoms with Crippen molar-refractivity contribution in [2.75, 3.05) is 13.1 Å². The number of hydrogen-bond acceptors (Lipinski definition) is 3. The van der Waals surface area contributed by atoms with E-state index < -0.39 is 0 Å². The lowest BCUT2D eigenvalue weighted by molar-refractivity contribution is 0.105. The Hall–Kier alpha value is -0.390. The molecule has 0 bridgehead atoms. The zero-order valence-corrected chi connectivity index (χ0v) is 14.5. The van der Waals surface area contributed by atoms with Crippen LogP contribution in [0.15, 0.2) is 4.47 Å². The Morgan fingerprint density at radius 1 is 1.40 bits per heavy atom. The molecule has 1 saturated heterocycles. The second kappa shape index (κ2) is 7.05. The molecule has 2 atom stereocenters. The third-order valence-electron chi connectivity index (χ3n) is 4.65. The van der Waals surface area contributed by atoms with Crippen molar-refractivity contribution >= 4 is 15.9 Å². The van der Waals surface area contributed by atoms with E-state index in [4.69, 9.17) is 5.73 Å². The van der Waals surface area contributed by atoms with Gasteiger partial charge in [0.1, 0.15) is 0 Å². The molecule has 2 heterocycles. The summed E-state index contributed by atoms with van der Waals surface area (Å²) in [6.45, 7) is 7.29. The van der Waals surface area contributed by atoms with E-state index in [0.29, 0.717) is 6.04 Å². The summed E-state index contributed by atoms with van der Waals surface area (Å²) >= 11 is 3.72. The number of nitrogens with two attached hydrogens (primary N) is 1. The first-order chi connectivity index (χ1) is 9.60. The van der Waals surface area contributed by atoms with Crippen LogP contribution in [-0.4, -0.2) is 33.8 Å². The van der Waals surface area contributed by atoms with Gasteiger partial charge in [0.05, 0.1) is 15.9 Å². The fourth-order valence-electron chi connectivity index (χ4n) is 3.19. The Labute approximate surface area is 130 Å². The smallest absolute Gasteiger partial charge is 0.0767 e. The third kappa shape index (κ3) is 3.26. The van der Waals surface area contributed by atoms with Crippen molar-refractivity contribution in [3.63, 3.8) is 0 Å². The van der Waals surface area contributed by atoms with Crippen LogP contribution < -0.4 is 5.73 Å². The molecular formula is C15H27BrN4. The minimum Gasteiger partial charge on any atom is -0.329 e. The normalized spacial score (nSPS) is 24.2. The van der Waals surface area contributed by atoms with E-state index in [-0.39, 0.29) is 0 Å². The molecule has 1 aliphatic rings. The van der Waals surface area contributed by atoms with Crippen molar-refractivity contribution in [1.29, 1.82) is 0 Å². The first kappa shape index (κ1) is 16.0. The maximum atomic E-state index is 6.00. The Kier molecular flexibility index (Phi) is 5.64. The molecule has 0 aromatic carbocycles. The minimum atomic E-state index is 0.514. The van der Waals surface area contributed by atoms with Gasteiger partial charge in [-0.05, 0) is 47.7 Å². The van der Waals surface area contributed by atoms with Crippen molar-refractivity contribution in [2.24, 2.45) is 18.7 Å². The van der Waals surface area contributed by atoms with Gasteiger partial charge in [-0.15, -0.1) is 0 Å². The second-order valence-corrected chi connectivity index (χ2v) is 6.64. The zero-order valence-electron chi connectivity index (χ0n) is 12.9. The zero-order chi connectivity index (χ0) is 14.7. The van der Waals surface area contributed by atoms with Crippen molar-refractivity contribution in [3.8, 4) is 0 Å². The van der Waals surface area contributed by atoms with Crippen molar-refractivity contribution in [1.82, 2.24) is 14.7 Å². The highest BCUT2D eigenvalue weighted by Gasteiger charge is 2.28. The van der Waals surface area contributed by atoms with E-state index in [2.05, 4.69) is 39.8 Å². The Bertz CT molecular complexity index is 443. The van der Waals surface area contributed by atoms with Gasteiger partial charge in [0.25, 0.3) is 0 Å². The summed E-state index contributed by atoms with van der Waals surface area (Å²) in [7, 11) is 2.04. The monoisotopic (exact) mass is 342 g/mol. The molecule has 20 heavy (non-hydrogen) atoms. The van der Waals surface area contributed by atoms with E-state index in [9.17, 15) is 0 Å². The van der Waals surface area contributed by atoms with Gasteiger partial charge in [-0.1, -0.05) is 20.3 Å². The molecule has 114 valence electrons. The summed E-state index contributed by atoms with van der Waals surface area (Å²) in [5.74, 6) is 0.848. The molecule has 2 unspecified atom stereocenters. The maximum absolute atomic E-state index is 6.00. The standard InChI is InChI=1S/C15H27BrN4/c1-4-11-6-7-20(12(8-11)9-17)10-14-15(16)13(5-2)18-19(14)3/h11-12H,4-10,17H2,1-3H3. The number of aromatic nitrogens is 2. The molecule has 0 aliphatic carbocycles. The number of aryl methyl sites for hydroxylation is 2. The molecule has 1 aromatic rings. The lowest BCUT2D eigenvalue weighted by Crippen LogP contribution is -2.46. The fourth-order valence-corrected chi connectivity index (χ4v) is 3.93. The van der Waals surface area contributed by atoms with Crippen LogP contribution in [0.2, 0.25) is 0 Å². The number of piperidine rings is 1. The highest BCUT2D eigenvalue weighted by Crippen LogP contribution is 2.29. The van der Waals surface area contributed by atoms with Crippen LogP contribution in [0.25, 0.3) is 0 Å². The number of nitrogens with zero attached hydrogens (tertiary/aromatic N) is 3. The number of likely N-dealkylation sites (tertiary alicyclic amines) is 1. The van der Waals surface area contributed by atoms with Gasteiger partial charge < -0.3 is 5.73 Å². The molecule has 1 aromatic heterocycles. The van der Waals surface area contributed by atoms with E-state index >= 15 is 0 Å². The molecule has 1 fully saturated rings. The van der Waals surface area contributed by atoms with Crippen molar-refractivity contribution in [3.05, 3.63) is 15.9 Å². The van der Waals surface area contributed by atoms with Gasteiger partial charge in [0, 0.05) is 26.2 Å². The SMILES string of the molecule is CCc1nn(C)c(CN2CCC(CC)CC2CN)c1Br. The van der Waals surface area contributed by atoms with Gasteiger partial charge in [-0.2, -0.15) is 5.10 Å². The second-order valence-electron chi connectivity index (χ2n) is 5.84. The van der Waals surface area contributed by atoms with Crippen LogP contribution >= 0.6 is 15.9 Å². The number of hydrogen-bond donors (Lipinski definition) is 1. The van der Waals surface area contributed by atoms with Crippen molar-refractivity contribution in [2.45, 2.75) is 52.1 Å². The minimum absolute atomic E-state index is 0.514. The van der Waals surface area contributed by atoms with E-state index in [1.54, 1.807) is 0 Å². The lowest BCUT2D eigenvalue weighted by atomic mass is 9.89. The lowest BCUT2D eigenvalue weighted by Gasteiger charge is -2.38. The van der Waals surface area contributed by atoms with Gasteiger partial charge in [0.2, 0.25) is 0 Å². The summed E-state index contributed by atoms with van der Waals surface area (Å²) in [5.41, 5.74) is 8.42. The summed E-state index contributed by atoms with van der Waals surface area (Å²) in [5, 5.41) is 4.59.